The molecule has 2 aromatic rings. The zero-order chi connectivity index (χ0) is 21.8. The molecule has 0 unspecified atom stereocenters. The van der Waals surface area contributed by atoms with Gasteiger partial charge >= 0.3 is 0 Å². The van der Waals surface area contributed by atoms with Crippen molar-refractivity contribution in [2.75, 3.05) is 31.8 Å². The first-order chi connectivity index (χ1) is 13.6. The lowest BCUT2D eigenvalue weighted by atomic mass is 10.1. The minimum absolute atomic E-state index is 0.203. The third-order valence-electron chi connectivity index (χ3n) is 4.42. The first kappa shape index (κ1) is 22.8. The number of sulfonamides is 1. The number of rotatable bonds is 8. The van der Waals surface area contributed by atoms with E-state index in [0.717, 1.165) is 16.1 Å². The largest absolute Gasteiger partial charge is 0.496 e. The molecule has 0 heterocycles. The summed E-state index contributed by atoms with van der Waals surface area (Å²) in [4.78, 5) is 14.6. The van der Waals surface area contributed by atoms with E-state index in [4.69, 9.17) is 21.1 Å². The number of para-hydroxylation sites is 1. The number of carbonyl (C=O) groups is 1. The summed E-state index contributed by atoms with van der Waals surface area (Å²) in [6.07, 6.45) is 1.04. The highest BCUT2D eigenvalue weighted by atomic mass is 35.5. The van der Waals surface area contributed by atoms with E-state index in [1.54, 1.807) is 32.4 Å². The number of methoxy groups -OCH3 is 2. The quantitative estimate of drug-likeness (QED) is 0.630. The maximum atomic E-state index is 13.1. The van der Waals surface area contributed by atoms with Gasteiger partial charge in [0, 0.05) is 24.2 Å². The highest BCUT2D eigenvalue weighted by molar-refractivity contribution is 7.92. The predicted octanol–water partition coefficient (Wildman–Crippen LogP) is 3.17. The van der Waals surface area contributed by atoms with Crippen molar-refractivity contribution in [3.63, 3.8) is 0 Å². The standard InChI is InChI=1S/C20H25ClN2O5S/c1-14(20(24)22(2)13-15-8-6-7-9-18(15)27-3)23(29(5,25)26)17-12-16(21)10-11-19(17)28-4/h6-12,14H,13H2,1-5H3/t14-/m1/s1. The molecular formula is C20H25ClN2O5S. The van der Waals surface area contributed by atoms with E-state index < -0.39 is 16.1 Å². The van der Waals surface area contributed by atoms with Crippen molar-refractivity contribution in [1.82, 2.24) is 4.90 Å². The molecule has 0 fully saturated rings. The fourth-order valence-corrected chi connectivity index (χ4v) is 4.43. The number of amides is 1. The summed E-state index contributed by atoms with van der Waals surface area (Å²) in [5, 5.41) is 0.330. The van der Waals surface area contributed by atoms with Gasteiger partial charge in [0.05, 0.1) is 26.2 Å². The minimum Gasteiger partial charge on any atom is -0.496 e. The van der Waals surface area contributed by atoms with Crippen LogP contribution in [-0.4, -0.2) is 52.8 Å². The maximum Gasteiger partial charge on any atom is 0.246 e. The SMILES string of the molecule is COc1ccccc1CN(C)C(=O)[C@@H](C)N(c1cc(Cl)ccc1OC)S(C)(=O)=O. The summed E-state index contributed by atoms with van der Waals surface area (Å²) in [6, 6.07) is 10.9. The van der Waals surface area contributed by atoms with Gasteiger partial charge in [-0.25, -0.2) is 8.42 Å². The number of halogens is 1. The van der Waals surface area contributed by atoms with Gasteiger partial charge in [-0.2, -0.15) is 0 Å². The van der Waals surface area contributed by atoms with Crippen LogP contribution >= 0.6 is 11.6 Å². The Morgan fingerprint density at radius 3 is 2.31 bits per heavy atom. The molecule has 1 atom stereocenters. The molecule has 9 heteroatoms. The Morgan fingerprint density at radius 2 is 1.72 bits per heavy atom. The van der Waals surface area contributed by atoms with Gasteiger partial charge in [-0.15, -0.1) is 0 Å². The first-order valence-corrected chi connectivity index (χ1v) is 11.0. The van der Waals surface area contributed by atoms with E-state index in [2.05, 4.69) is 0 Å². The number of anilines is 1. The van der Waals surface area contributed by atoms with Gasteiger partial charge in [-0.1, -0.05) is 29.8 Å². The monoisotopic (exact) mass is 440 g/mol. The molecular weight excluding hydrogens is 416 g/mol. The summed E-state index contributed by atoms with van der Waals surface area (Å²) in [7, 11) is 0.784. The van der Waals surface area contributed by atoms with E-state index in [-0.39, 0.29) is 18.1 Å². The summed E-state index contributed by atoms with van der Waals surface area (Å²) in [5.74, 6) is 0.562. The van der Waals surface area contributed by atoms with Gasteiger partial charge in [0.25, 0.3) is 0 Å². The van der Waals surface area contributed by atoms with Crippen LogP contribution in [0.1, 0.15) is 12.5 Å². The van der Waals surface area contributed by atoms with Crippen molar-refractivity contribution in [2.24, 2.45) is 0 Å². The van der Waals surface area contributed by atoms with Crippen LogP contribution in [0.5, 0.6) is 11.5 Å². The van der Waals surface area contributed by atoms with Crippen LogP contribution in [0, 0.1) is 0 Å². The van der Waals surface area contributed by atoms with Crippen molar-refractivity contribution >= 4 is 33.2 Å². The molecule has 0 bridgehead atoms. The molecule has 0 spiro atoms. The second-order valence-electron chi connectivity index (χ2n) is 6.56. The molecule has 7 nitrogen and oxygen atoms in total. The molecule has 158 valence electrons. The van der Waals surface area contributed by atoms with Crippen LogP contribution in [-0.2, 0) is 21.4 Å². The van der Waals surface area contributed by atoms with Gasteiger partial charge in [-0.3, -0.25) is 9.10 Å². The summed E-state index contributed by atoms with van der Waals surface area (Å²) in [5.41, 5.74) is 1.01. The van der Waals surface area contributed by atoms with Crippen LogP contribution in [0.4, 0.5) is 5.69 Å². The fraction of sp³-hybridized carbons (Fsp3) is 0.350. The number of nitrogens with zero attached hydrogens (tertiary/aromatic N) is 2. The molecule has 2 aromatic carbocycles. The summed E-state index contributed by atoms with van der Waals surface area (Å²) in [6.45, 7) is 1.79. The van der Waals surface area contributed by atoms with Gasteiger partial charge < -0.3 is 14.4 Å². The molecule has 0 saturated carbocycles. The van der Waals surface area contributed by atoms with Gasteiger partial charge in [0.15, 0.2) is 0 Å². The molecule has 1 amide bonds. The average molecular weight is 441 g/mol. The molecule has 0 saturated heterocycles. The average Bonchev–Trinajstić information content (AvgIpc) is 2.67. The Labute approximate surface area is 176 Å². The Morgan fingerprint density at radius 1 is 1.10 bits per heavy atom. The van der Waals surface area contributed by atoms with Crippen molar-refractivity contribution in [3.05, 3.63) is 53.1 Å². The number of benzene rings is 2. The highest BCUT2D eigenvalue weighted by Gasteiger charge is 2.33. The maximum absolute atomic E-state index is 13.1. The van der Waals surface area contributed by atoms with Gasteiger partial charge in [0.2, 0.25) is 15.9 Å². The Bertz CT molecular complexity index is 981. The molecule has 0 aliphatic heterocycles. The molecule has 0 aromatic heterocycles. The van der Waals surface area contributed by atoms with Crippen LogP contribution < -0.4 is 13.8 Å². The molecule has 29 heavy (non-hydrogen) atoms. The zero-order valence-corrected chi connectivity index (χ0v) is 18.6. The Balaban J connectivity index is 2.38. The lowest BCUT2D eigenvalue weighted by Crippen LogP contribution is -2.48. The Hall–Kier alpha value is -2.45. The van der Waals surface area contributed by atoms with Crippen molar-refractivity contribution in [3.8, 4) is 11.5 Å². The first-order valence-electron chi connectivity index (χ1n) is 8.80. The smallest absolute Gasteiger partial charge is 0.246 e. The molecule has 0 radical (unpaired) electrons. The number of carbonyl (C=O) groups excluding carboxylic acids is 1. The van der Waals surface area contributed by atoms with E-state index in [1.165, 1.54) is 25.0 Å². The molecule has 0 N–H and O–H groups in total. The number of likely N-dealkylation sites (N-methyl/N-ethyl adjacent to an activating group) is 1. The van der Waals surface area contributed by atoms with E-state index >= 15 is 0 Å². The fourth-order valence-electron chi connectivity index (χ4n) is 3.10. The lowest BCUT2D eigenvalue weighted by Gasteiger charge is -2.32. The lowest BCUT2D eigenvalue weighted by molar-refractivity contribution is -0.131. The Kier molecular flexibility index (Phi) is 7.37. The van der Waals surface area contributed by atoms with E-state index in [0.29, 0.717) is 16.5 Å². The van der Waals surface area contributed by atoms with E-state index in [9.17, 15) is 13.2 Å². The second kappa shape index (κ2) is 9.37. The topological polar surface area (TPSA) is 76.2 Å². The van der Waals surface area contributed by atoms with Crippen LogP contribution in [0.3, 0.4) is 0 Å². The van der Waals surface area contributed by atoms with Crippen molar-refractivity contribution < 1.29 is 22.7 Å². The number of hydrogen-bond donors (Lipinski definition) is 0. The molecule has 0 aliphatic carbocycles. The van der Waals surface area contributed by atoms with Crippen LogP contribution in [0.15, 0.2) is 42.5 Å². The van der Waals surface area contributed by atoms with E-state index in [1.807, 2.05) is 18.2 Å². The van der Waals surface area contributed by atoms with Crippen LogP contribution in [0.2, 0.25) is 5.02 Å². The van der Waals surface area contributed by atoms with Gasteiger partial charge in [-0.05, 0) is 31.2 Å². The predicted molar refractivity (Wildman–Crippen MR) is 114 cm³/mol. The third kappa shape index (κ3) is 5.33. The molecule has 2 rings (SSSR count). The van der Waals surface area contributed by atoms with Gasteiger partial charge in [0.1, 0.15) is 17.5 Å². The number of hydrogen-bond acceptors (Lipinski definition) is 5. The highest BCUT2D eigenvalue weighted by Crippen LogP contribution is 2.34. The minimum atomic E-state index is -3.81. The van der Waals surface area contributed by atoms with Crippen LogP contribution in [0.25, 0.3) is 0 Å². The second-order valence-corrected chi connectivity index (χ2v) is 8.85. The van der Waals surface area contributed by atoms with Crippen molar-refractivity contribution in [2.45, 2.75) is 19.5 Å². The zero-order valence-electron chi connectivity index (χ0n) is 17.0. The number of ether oxygens (including phenoxy) is 2. The van der Waals surface area contributed by atoms with Crippen molar-refractivity contribution in [1.29, 1.82) is 0 Å². The summed E-state index contributed by atoms with van der Waals surface area (Å²) >= 11 is 6.07. The summed E-state index contributed by atoms with van der Waals surface area (Å²) < 4.78 is 36.8. The normalized spacial score (nSPS) is 12.2. The molecule has 0 aliphatic rings. The third-order valence-corrected chi connectivity index (χ3v) is 5.88.